The van der Waals surface area contributed by atoms with Crippen LogP contribution >= 0.6 is 0 Å². The number of benzene rings is 2. The Balaban J connectivity index is 1.86. The number of aryl methyl sites for hydroxylation is 1. The second-order valence-electron chi connectivity index (χ2n) is 7.46. The summed E-state index contributed by atoms with van der Waals surface area (Å²) in [6.45, 7) is 4.51. The first-order valence-corrected chi connectivity index (χ1v) is 9.80. The molecule has 26 heavy (non-hydrogen) atoms. The predicted molar refractivity (Wildman–Crippen MR) is 101 cm³/mol. The van der Waals surface area contributed by atoms with E-state index in [9.17, 15) is 9.90 Å². The molecule has 2 atom stereocenters. The van der Waals surface area contributed by atoms with Crippen molar-refractivity contribution in [2.75, 3.05) is 6.61 Å². The van der Waals surface area contributed by atoms with E-state index in [1.165, 1.54) is 0 Å². The van der Waals surface area contributed by atoms with Gasteiger partial charge in [0.2, 0.25) is 0 Å². The molecule has 2 aliphatic rings. The highest BCUT2D eigenvalue weighted by Gasteiger charge is 2.43. The van der Waals surface area contributed by atoms with E-state index in [2.05, 4.69) is 13.8 Å². The standard InChI is InChI=1S/C22H26O4/c1-3-5-11-25-22(24)26-21-17-13(4-2)7-6-8-16(17)20(23)18-14-9-10-15(12-14)19(18)21/h6-8,14-15,23H,3-5,9-12H2,1-2H3. The molecule has 0 amide bonds. The second-order valence-corrected chi connectivity index (χ2v) is 7.46. The Hall–Kier alpha value is -2.23. The van der Waals surface area contributed by atoms with Crippen molar-refractivity contribution in [3.63, 3.8) is 0 Å². The maximum atomic E-state index is 12.3. The predicted octanol–water partition coefficient (Wildman–Crippen LogP) is 5.79. The monoisotopic (exact) mass is 354 g/mol. The summed E-state index contributed by atoms with van der Waals surface area (Å²) >= 11 is 0. The lowest BCUT2D eigenvalue weighted by molar-refractivity contribution is 0.0978. The van der Waals surface area contributed by atoms with Crippen LogP contribution < -0.4 is 4.74 Å². The number of ether oxygens (including phenoxy) is 2. The van der Waals surface area contributed by atoms with Gasteiger partial charge in [0.25, 0.3) is 0 Å². The second kappa shape index (κ2) is 6.82. The maximum absolute atomic E-state index is 12.3. The summed E-state index contributed by atoms with van der Waals surface area (Å²) in [7, 11) is 0. The molecule has 1 N–H and O–H groups in total. The van der Waals surface area contributed by atoms with Crippen molar-refractivity contribution in [1.82, 2.24) is 0 Å². The van der Waals surface area contributed by atoms with Crippen LogP contribution in [0, 0.1) is 0 Å². The van der Waals surface area contributed by atoms with Gasteiger partial charge >= 0.3 is 6.16 Å². The average molecular weight is 354 g/mol. The number of phenolic OH excluding ortho intramolecular Hbond substituents is 1. The zero-order chi connectivity index (χ0) is 18.3. The van der Waals surface area contributed by atoms with Gasteiger partial charge in [-0.2, -0.15) is 0 Å². The number of carbonyl (C=O) groups excluding carboxylic acids is 1. The van der Waals surface area contributed by atoms with Gasteiger partial charge in [-0.05, 0) is 49.5 Å². The number of hydrogen-bond acceptors (Lipinski definition) is 4. The fourth-order valence-electron chi connectivity index (χ4n) is 4.73. The Morgan fingerprint density at radius 3 is 2.69 bits per heavy atom. The van der Waals surface area contributed by atoms with E-state index >= 15 is 0 Å². The first kappa shape index (κ1) is 17.2. The van der Waals surface area contributed by atoms with E-state index < -0.39 is 6.16 Å². The normalized spacial score (nSPS) is 20.4. The van der Waals surface area contributed by atoms with Gasteiger partial charge in [0.15, 0.2) is 0 Å². The van der Waals surface area contributed by atoms with E-state index in [0.29, 0.717) is 29.9 Å². The van der Waals surface area contributed by atoms with Gasteiger partial charge < -0.3 is 14.6 Å². The van der Waals surface area contributed by atoms with Crippen molar-refractivity contribution in [2.24, 2.45) is 0 Å². The smallest absolute Gasteiger partial charge is 0.507 e. The van der Waals surface area contributed by atoms with Crippen molar-refractivity contribution in [3.8, 4) is 11.5 Å². The molecule has 0 spiro atoms. The van der Waals surface area contributed by atoms with Gasteiger partial charge in [-0.1, -0.05) is 38.5 Å². The van der Waals surface area contributed by atoms with E-state index in [1.54, 1.807) is 0 Å². The average Bonchev–Trinajstić information content (AvgIpc) is 3.26. The fourth-order valence-corrected chi connectivity index (χ4v) is 4.73. The molecule has 0 radical (unpaired) electrons. The summed E-state index contributed by atoms with van der Waals surface area (Å²) in [5.74, 6) is 1.75. The minimum atomic E-state index is -0.638. The summed E-state index contributed by atoms with van der Waals surface area (Å²) in [5.41, 5.74) is 3.12. The van der Waals surface area contributed by atoms with Crippen LogP contribution in [0.2, 0.25) is 0 Å². The van der Waals surface area contributed by atoms with Gasteiger partial charge in [-0.3, -0.25) is 0 Å². The zero-order valence-electron chi connectivity index (χ0n) is 15.5. The van der Waals surface area contributed by atoms with Crippen molar-refractivity contribution < 1.29 is 19.4 Å². The minimum Gasteiger partial charge on any atom is -0.507 e. The third kappa shape index (κ3) is 2.63. The molecule has 1 saturated carbocycles. The third-order valence-electron chi connectivity index (χ3n) is 5.96. The summed E-state index contributed by atoms with van der Waals surface area (Å²) in [6.07, 6.45) is 5.21. The molecule has 4 nitrogen and oxygen atoms in total. The molecule has 4 rings (SSSR count). The number of phenols is 1. The lowest BCUT2D eigenvalue weighted by Crippen LogP contribution is -2.14. The number of unbranched alkanes of at least 4 members (excludes halogenated alkanes) is 1. The number of aromatic hydroxyl groups is 1. The molecular weight excluding hydrogens is 328 g/mol. The van der Waals surface area contributed by atoms with Crippen LogP contribution in [0.3, 0.4) is 0 Å². The highest BCUT2D eigenvalue weighted by Crippen LogP contribution is 2.61. The van der Waals surface area contributed by atoms with Crippen LogP contribution in [-0.2, 0) is 11.2 Å². The van der Waals surface area contributed by atoms with Crippen LogP contribution in [0.4, 0.5) is 4.79 Å². The number of rotatable bonds is 5. The molecule has 1 fully saturated rings. The molecule has 2 aromatic carbocycles. The molecule has 0 aromatic heterocycles. The highest BCUT2D eigenvalue weighted by molar-refractivity contribution is 6.00. The lowest BCUT2D eigenvalue weighted by atomic mass is 9.86. The van der Waals surface area contributed by atoms with Gasteiger partial charge in [0, 0.05) is 21.9 Å². The number of fused-ring (bicyclic) bond motifs is 6. The van der Waals surface area contributed by atoms with Crippen LogP contribution in [-0.4, -0.2) is 17.9 Å². The SMILES string of the molecule is CCCCOC(=O)Oc1c2c(c(O)c3cccc(CC)c13)C1CCC2C1. The van der Waals surface area contributed by atoms with Gasteiger partial charge in [0.1, 0.15) is 11.5 Å². The highest BCUT2D eigenvalue weighted by atomic mass is 16.7. The molecular formula is C22H26O4. The van der Waals surface area contributed by atoms with Crippen LogP contribution in [0.5, 0.6) is 11.5 Å². The Morgan fingerprint density at radius 2 is 1.96 bits per heavy atom. The Morgan fingerprint density at radius 1 is 1.19 bits per heavy atom. The molecule has 2 aliphatic carbocycles. The summed E-state index contributed by atoms with van der Waals surface area (Å²) in [6, 6.07) is 5.92. The van der Waals surface area contributed by atoms with Gasteiger partial charge in [0.05, 0.1) is 6.61 Å². The van der Waals surface area contributed by atoms with Crippen LogP contribution in [0.25, 0.3) is 10.8 Å². The number of carbonyl (C=O) groups is 1. The van der Waals surface area contributed by atoms with Crippen LogP contribution in [0.15, 0.2) is 18.2 Å². The summed E-state index contributed by atoms with van der Waals surface area (Å²) in [4.78, 5) is 12.3. The molecule has 2 unspecified atom stereocenters. The lowest BCUT2D eigenvalue weighted by Gasteiger charge is -2.23. The largest absolute Gasteiger partial charge is 0.513 e. The topological polar surface area (TPSA) is 55.8 Å². The van der Waals surface area contributed by atoms with Crippen molar-refractivity contribution >= 4 is 16.9 Å². The molecule has 0 saturated heterocycles. The van der Waals surface area contributed by atoms with Crippen molar-refractivity contribution in [3.05, 3.63) is 34.9 Å². The quantitative estimate of drug-likeness (QED) is 0.419. The summed E-state index contributed by atoms with van der Waals surface area (Å²) in [5, 5.41) is 12.6. The van der Waals surface area contributed by atoms with E-state index in [4.69, 9.17) is 9.47 Å². The van der Waals surface area contributed by atoms with E-state index in [0.717, 1.165) is 66.0 Å². The number of hydrogen-bond donors (Lipinski definition) is 1. The van der Waals surface area contributed by atoms with Crippen molar-refractivity contribution in [2.45, 2.75) is 64.2 Å². The minimum absolute atomic E-state index is 0.369. The first-order valence-electron chi connectivity index (χ1n) is 9.80. The van der Waals surface area contributed by atoms with Crippen molar-refractivity contribution in [1.29, 1.82) is 0 Å². The van der Waals surface area contributed by atoms with E-state index in [1.807, 2.05) is 18.2 Å². The van der Waals surface area contributed by atoms with Gasteiger partial charge in [-0.25, -0.2) is 4.79 Å². The summed E-state index contributed by atoms with van der Waals surface area (Å²) < 4.78 is 11.1. The molecule has 4 heteroatoms. The maximum Gasteiger partial charge on any atom is 0.513 e. The molecule has 138 valence electrons. The first-order chi connectivity index (χ1) is 12.7. The van der Waals surface area contributed by atoms with E-state index in [-0.39, 0.29) is 0 Å². The zero-order valence-corrected chi connectivity index (χ0v) is 15.5. The molecule has 2 bridgehead atoms. The molecule has 0 aliphatic heterocycles. The van der Waals surface area contributed by atoms with Gasteiger partial charge in [-0.15, -0.1) is 0 Å². The molecule has 2 aromatic rings. The Labute approximate surface area is 154 Å². The fraction of sp³-hybridized carbons (Fsp3) is 0.500. The Bertz CT molecular complexity index is 855. The van der Waals surface area contributed by atoms with Crippen LogP contribution in [0.1, 0.15) is 74.5 Å². The third-order valence-corrected chi connectivity index (χ3v) is 5.96. The Kier molecular flexibility index (Phi) is 4.51. The molecule has 0 heterocycles.